The molecule has 0 saturated carbocycles. The number of carbonyl (C=O) groups is 1. The SMILES string of the molecule is O=C(c1cc(-c2ccc(Cl)c(Cl)c2)nc2ccccc12)N1CCN(c2ccc(Cl)cc2)CC1. The van der Waals surface area contributed by atoms with Crippen molar-refractivity contribution in [2.75, 3.05) is 31.1 Å². The quantitative estimate of drug-likeness (QED) is 0.312. The van der Waals surface area contributed by atoms with Gasteiger partial charge >= 0.3 is 0 Å². The average Bonchev–Trinajstić information content (AvgIpc) is 2.85. The molecular weight excluding hydrogens is 477 g/mol. The van der Waals surface area contributed by atoms with Gasteiger partial charge in [0.15, 0.2) is 0 Å². The molecule has 1 aliphatic heterocycles. The minimum atomic E-state index is 0.00525. The third kappa shape index (κ3) is 4.51. The molecule has 0 bridgehead atoms. The number of fused-ring (bicyclic) bond motifs is 1. The molecule has 5 rings (SSSR count). The van der Waals surface area contributed by atoms with E-state index in [1.54, 1.807) is 12.1 Å². The van der Waals surface area contributed by atoms with Gasteiger partial charge < -0.3 is 9.80 Å². The van der Waals surface area contributed by atoms with E-state index in [9.17, 15) is 4.79 Å². The normalized spacial score (nSPS) is 14.0. The Kier molecular flexibility index (Phi) is 6.15. The van der Waals surface area contributed by atoms with Crippen LogP contribution in [0.1, 0.15) is 10.4 Å². The molecule has 0 aliphatic carbocycles. The molecule has 1 saturated heterocycles. The first-order valence-electron chi connectivity index (χ1n) is 10.6. The summed E-state index contributed by atoms with van der Waals surface area (Å²) < 4.78 is 0. The van der Waals surface area contributed by atoms with E-state index in [4.69, 9.17) is 39.8 Å². The van der Waals surface area contributed by atoms with Crippen LogP contribution < -0.4 is 4.90 Å². The van der Waals surface area contributed by atoms with Crippen molar-refractivity contribution in [3.05, 3.63) is 93.4 Å². The summed E-state index contributed by atoms with van der Waals surface area (Å²) in [5.74, 6) is 0.00525. The molecule has 1 aliphatic rings. The molecule has 2 heterocycles. The van der Waals surface area contributed by atoms with Crippen molar-refractivity contribution in [3.63, 3.8) is 0 Å². The van der Waals surface area contributed by atoms with E-state index in [0.717, 1.165) is 40.3 Å². The first-order valence-corrected chi connectivity index (χ1v) is 11.8. The van der Waals surface area contributed by atoms with Crippen LogP contribution in [0.2, 0.25) is 15.1 Å². The number of pyridine rings is 1. The summed E-state index contributed by atoms with van der Waals surface area (Å²) in [6.45, 7) is 2.80. The molecule has 33 heavy (non-hydrogen) atoms. The standard InChI is InChI=1S/C26H20Cl3N3O/c27-18-6-8-19(9-7-18)31-11-13-32(14-12-31)26(33)21-16-25(17-5-10-22(28)23(29)15-17)30-24-4-2-1-3-20(21)24/h1-10,15-16H,11-14H2. The molecule has 0 radical (unpaired) electrons. The van der Waals surface area contributed by atoms with Crippen LogP contribution in [0, 0.1) is 0 Å². The Morgan fingerprint density at radius 1 is 0.788 bits per heavy atom. The Balaban J connectivity index is 1.44. The molecule has 0 atom stereocenters. The molecule has 1 fully saturated rings. The highest BCUT2D eigenvalue weighted by atomic mass is 35.5. The second-order valence-corrected chi connectivity index (χ2v) is 9.21. The maximum Gasteiger partial charge on any atom is 0.254 e. The fourth-order valence-electron chi connectivity index (χ4n) is 4.15. The van der Waals surface area contributed by atoms with E-state index < -0.39 is 0 Å². The molecule has 166 valence electrons. The first kappa shape index (κ1) is 22.0. The Hall–Kier alpha value is -2.79. The van der Waals surface area contributed by atoms with Crippen LogP contribution in [0.25, 0.3) is 22.2 Å². The predicted octanol–water partition coefficient (Wildman–Crippen LogP) is 6.82. The lowest BCUT2D eigenvalue weighted by Crippen LogP contribution is -2.48. The van der Waals surface area contributed by atoms with Crippen LogP contribution in [0.3, 0.4) is 0 Å². The van der Waals surface area contributed by atoms with Crippen molar-refractivity contribution in [2.24, 2.45) is 0 Å². The summed E-state index contributed by atoms with van der Waals surface area (Å²) in [7, 11) is 0. The van der Waals surface area contributed by atoms with E-state index in [2.05, 4.69) is 4.90 Å². The summed E-state index contributed by atoms with van der Waals surface area (Å²) in [6.07, 6.45) is 0. The van der Waals surface area contributed by atoms with Crippen LogP contribution in [-0.4, -0.2) is 42.0 Å². The van der Waals surface area contributed by atoms with Gasteiger partial charge in [-0.3, -0.25) is 4.79 Å². The minimum absolute atomic E-state index is 0.00525. The first-order chi connectivity index (χ1) is 16.0. The van der Waals surface area contributed by atoms with Gasteiger partial charge in [0, 0.05) is 47.8 Å². The highest BCUT2D eigenvalue weighted by Crippen LogP contribution is 2.31. The molecule has 4 nitrogen and oxygen atoms in total. The van der Waals surface area contributed by atoms with Crippen molar-refractivity contribution < 1.29 is 4.79 Å². The summed E-state index contributed by atoms with van der Waals surface area (Å²) in [4.78, 5) is 22.6. The van der Waals surface area contributed by atoms with Gasteiger partial charge in [0.25, 0.3) is 5.91 Å². The summed E-state index contributed by atoms with van der Waals surface area (Å²) in [6, 6.07) is 22.8. The monoisotopic (exact) mass is 495 g/mol. The topological polar surface area (TPSA) is 36.4 Å². The van der Waals surface area contributed by atoms with E-state index in [1.165, 1.54) is 0 Å². The van der Waals surface area contributed by atoms with Gasteiger partial charge in [-0.1, -0.05) is 59.1 Å². The van der Waals surface area contributed by atoms with Crippen LogP contribution in [0.15, 0.2) is 72.8 Å². The lowest BCUT2D eigenvalue weighted by Gasteiger charge is -2.36. The Morgan fingerprint density at radius 2 is 1.52 bits per heavy atom. The van der Waals surface area contributed by atoms with Crippen LogP contribution >= 0.6 is 34.8 Å². The summed E-state index contributed by atoms with van der Waals surface area (Å²) in [5, 5.41) is 2.49. The van der Waals surface area contributed by atoms with Crippen LogP contribution in [0.4, 0.5) is 5.69 Å². The minimum Gasteiger partial charge on any atom is -0.368 e. The van der Waals surface area contributed by atoms with Gasteiger partial charge in [-0.2, -0.15) is 0 Å². The van der Waals surface area contributed by atoms with Crippen molar-refractivity contribution >= 4 is 57.3 Å². The third-order valence-corrected chi connectivity index (χ3v) is 6.91. The Labute approximate surface area is 207 Å². The second kappa shape index (κ2) is 9.22. The number of anilines is 1. The molecule has 0 N–H and O–H groups in total. The molecule has 3 aromatic carbocycles. The van der Waals surface area contributed by atoms with E-state index in [1.807, 2.05) is 65.6 Å². The van der Waals surface area contributed by atoms with Gasteiger partial charge in [0.1, 0.15) is 0 Å². The summed E-state index contributed by atoms with van der Waals surface area (Å²) in [5.41, 5.74) is 4.03. The van der Waals surface area contributed by atoms with Crippen molar-refractivity contribution in [1.82, 2.24) is 9.88 Å². The highest BCUT2D eigenvalue weighted by Gasteiger charge is 2.24. The smallest absolute Gasteiger partial charge is 0.254 e. The number of benzene rings is 3. The number of aromatic nitrogens is 1. The zero-order valence-corrected chi connectivity index (χ0v) is 19.9. The van der Waals surface area contributed by atoms with Crippen LogP contribution in [-0.2, 0) is 0 Å². The molecule has 7 heteroatoms. The van der Waals surface area contributed by atoms with E-state index in [-0.39, 0.29) is 5.91 Å². The average molecular weight is 497 g/mol. The van der Waals surface area contributed by atoms with Gasteiger partial charge in [0.05, 0.1) is 26.8 Å². The number of hydrogen-bond acceptors (Lipinski definition) is 3. The fraction of sp³-hybridized carbons (Fsp3) is 0.154. The van der Waals surface area contributed by atoms with Crippen molar-refractivity contribution in [2.45, 2.75) is 0 Å². The maximum absolute atomic E-state index is 13.6. The number of hydrogen-bond donors (Lipinski definition) is 0. The number of para-hydroxylation sites is 1. The second-order valence-electron chi connectivity index (χ2n) is 7.96. The third-order valence-electron chi connectivity index (χ3n) is 5.92. The molecular formula is C26H20Cl3N3O. The summed E-state index contributed by atoms with van der Waals surface area (Å²) >= 11 is 18.3. The molecule has 1 aromatic heterocycles. The highest BCUT2D eigenvalue weighted by molar-refractivity contribution is 6.42. The molecule has 0 unspecified atom stereocenters. The van der Waals surface area contributed by atoms with E-state index in [0.29, 0.717) is 34.4 Å². The number of nitrogens with zero attached hydrogens (tertiary/aromatic N) is 3. The lowest BCUT2D eigenvalue weighted by atomic mass is 10.0. The zero-order chi connectivity index (χ0) is 22.9. The van der Waals surface area contributed by atoms with E-state index >= 15 is 0 Å². The maximum atomic E-state index is 13.6. The largest absolute Gasteiger partial charge is 0.368 e. The Morgan fingerprint density at radius 3 is 2.24 bits per heavy atom. The zero-order valence-electron chi connectivity index (χ0n) is 17.6. The predicted molar refractivity (Wildman–Crippen MR) is 137 cm³/mol. The van der Waals surface area contributed by atoms with Gasteiger partial charge in [-0.05, 0) is 48.5 Å². The van der Waals surface area contributed by atoms with Crippen molar-refractivity contribution in [1.29, 1.82) is 0 Å². The Bertz CT molecular complexity index is 1330. The van der Waals surface area contributed by atoms with Gasteiger partial charge in [0.2, 0.25) is 0 Å². The number of piperazine rings is 1. The van der Waals surface area contributed by atoms with Crippen molar-refractivity contribution in [3.8, 4) is 11.3 Å². The number of rotatable bonds is 3. The number of amides is 1. The molecule has 4 aromatic rings. The number of carbonyl (C=O) groups excluding carboxylic acids is 1. The van der Waals surface area contributed by atoms with Gasteiger partial charge in [-0.15, -0.1) is 0 Å². The van der Waals surface area contributed by atoms with Gasteiger partial charge in [-0.25, -0.2) is 4.98 Å². The molecule has 0 spiro atoms. The fourth-order valence-corrected chi connectivity index (χ4v) is 4.57. The lowest BCUT2D eigenvalue weighted by molar-refractivity contribution is 0.0748. The number of halogens is 3. The molecule has 1 amide bonds. The van der Waals surface area contributed by atoms with Crippen LogP contribution in [0.5, 0.6) is 0 Å².